The number of hydrogen-bond donors (Lipinski definition) is 0. The molecule has 4 nitrogen and oxygen atoms in total. The number of anilines is 1. The fourth-order valence-electron chi connectivity index (χ4n) is 2.97. The van der Waals surface area contributed by atoms with Crippen molar-refractivity contribution < 1.29 is 0 Å². The highest BCUT2D eigenvalue weighted by Gasteiger charge is 2.31. The summed E-state index contributed by atoms with van der Waals surface area (Å²) in [5.74, 6) is 0.983. The third-order valence-corrected chi connectivity index (χ3v) is 4.95. The molecule has 0 aromatic carbocycles. The standard InChI is InChI=1S/C14H24N4S/c1-14(2,3)12-15-13(19-16-12)18-9-6-11(10-18)17-7-4-5-8-17/h11H,4-10H2,1-3H3. The van der Waals surface area contributed by atoms with Crippen LogP contribution in [-0.4, -0.2) is 46.5 Å². The summed E-state index contributed by atoms with van der Waals surface area (Å²) < 4.78 is 4.53. The molecule has 106 valence electrons. The Labute approximate surface area is 120 Å². The van der Waals surface area contributed by atoms with E-state index < -0.39 is 0 Å². The van der Waals surface area contributed by atoms with E-state index in [1.807, 2.05) is 0 Å². The minimum Gasteiger partial charge on any atom is -0.345 e. The van der Waals surface area contributed by atoms with Gasteiger partial charge in [-0.2, -0.15) is 4.37 Å². The fourth-order valence-corrected chi connectivity index (χ4v) is 3.86. The first-order valence-corrected chi connectivity index (χ1v) is 8.14. The summed E-state index contributed by atoms with van der Waals surface area (Å²) in [5, 5.41) is 1.12. The lowest BCUT2D eigenvalue weighted by Gasteiger charge is -2.23. The SMILES string of the molecule is CC(C)(C)c1nsc(N2CCC(N3CCCC3)C2)n1. The fraction of sp³-hybridized carbons (Fsp3) is 0.857. The van der Waals surface area contributed by atoms with E-state index in [9.17, 15) is 0 Å². The molecule has 5 heteroatoms. The largest absolute Gasteiger partial charge is 0.345 e. The Balaban J connectivity index is 1.65. The van der Waals surface area contributed by atoms with Gasteiger partial charge in [0.1, 0.15) is 5.82 Å². The Kier molecular flexibility index (Phi) is 3.52. The Bertz CT molecular complexity index is 431. The van der Waals surface area contributed by atoms with Crippen LogP contribution in [0.1, 0.15) is 45.9 Å². The molecule has 2 aliphatic heterocycles. The normalized spacial score (nSPS) is 25.4. The molecule has 1 aromatic rings. The smallest absolute Gasteiger partial charge is 0.205 e. The van der Waals surface area contributed by atoms with E-state index >= 15 is 0 Å². The molecular weight excluding hydrogens is 256 g/mol. The number of nitrogens with zero attached hydrogens (tertiary/aromatic N) is 4. The van der Waals surface area contributed by atoms with Crippen LogP contribution in [-0.2, 0) is 5.41 Å². The van der Waals surface area contributed by atoms with Gasteiger partial charge in [0.2, 0.25) is 5.13 Å². The molecule has 2 aliphatic rings. The average molecular weight is 280 g/mol. The summed E-state index contributed by atoms with van der Waals surface area (Å²) in [5.41, 5.74) is 0.0584. The Hall–Kier alpha value is -0.680. The first-order valence-electron chi connectivity index (χ1n) is 7.37. The zero-order chi connectivity index (χ0) is 13.5. The Morgan fingerprint density at radius 1 is 1.16 bits per heavy atom. The van der Waals surface area contributed by atoms with E-state index in [0.717, 1.165) is 30.1 Å². The van der Waals surface area contributed by atoms with E-state index in [0.29, 0.717) is 0 Å². The zero-order valence-corrected chi connectivity index (χ0v) is 13.0. The molecule has 1 unspecified atom stereocenters. The first kappa shape index (κ1) is 13.3. The number of hydrogen-bond acceptors (Lipinski definition) is 5. The Morgan fingerprint density at radius 2 is 1.89 bits per heavy atom. The Morgan fingerprint density at radius 3 is 2.53 bits per heavy atom. The van der Waals surface area contributed by atoms with Crippen molar-refractivity contribution in [3.8, 4) is 0 Å². The summed E-state index contributed by atoms with van der Waals surface area (Å²) in [7, 11) is 0. The third-order valence-electron chi connectivity index (χ3n) is 4.18. The lowest BCUT2D eigenvalue weighted by atomic mass is 9.96. The summed E-state index contributed by atoms with van der Waals surface area (Å²) in [4.78, 5) is 9.82. The van der Waals surface area contributed by atoms with Crippen molar-refractivity contribution in [2.24, 2.45) is 0 Å². The third kappa shape index (κ3) is 2.77. The van der Waals surface area contributed by atoms with E-state index in [2.05, 4.69) is 34.9 Å². The molecule has 2 saturated heterocycles. The summed E-state index contributed by atoms with van der Waals surface area (Å²) in [6.45, 7) is 11.4. The highest BCUT2D eigenvalue weighted by atomic mass is 32.1. The van der Waals surface area contributed by atoms with Gasteiger partial charge in [-0.25, -0.2) is 4.98 Å². The molecule has 2 fully saturated rings. The molecule has 0 spiro atoms. The lowest BCUT2D eigenvalue weighted by molar-refractivity contribution is 0.260. The van der Waals surface area contributed by atoms with Crippen molar-refractivity contribution in [1.82, 2.24) is 14.3 Å². The average Bonchev–Trinajstić information content (AvgIpc) is 3.10. The van der Waals surface area contributed by atoms with Crippen molar-refractivity contribution >= 4 is 16.7 Å². The van der Waals surface area contributed by atoms with Gasteiger partial charge in [-0.1, -0.05) is 20.8 Å². The minimum atomic E-state index is 0.0584. The molecule has 19 heavy (non-hydrogen) atoms. The highest BCUT2D eigenvalue weighted by molar-refractivity contribution is 7.09. The molecule has 0 amide bonds. The second kappa shape index (κ2) is 5.02. The van der Waals surface area contributed by atoms with Crippen LogP contribution in [0.25, 0.3) is 0 Å². The maximum Gasteiger partial charge on any atom is 0.205 e. The second-order valence-corrected chi connectivity index (χ2v) is 7.51. The van der Waals surface area contributed by atoms with Gasteiger partial charge in [-0.15, -0.1) is 0 Å². The zero-order valence-electron chi connectivity index (χ0n) is 12.2. The second-order valence-electron chi connectivity index (χ2n) is 6.78. The number of rotatable bonds is 2. The molecule has 3 rings (SSSR count). The first-order chi connectivity index (χ1) is 9.04. The van der Waals surface area contributed by atoms with Gasteiger partial charge in [0.25, 0.3) is 0 Å². The number of likely N-dealkylation sites (tertiary alicyclic amines) is 1. The van der Waals surface area contributed by atoms with Crippen molar-refractivity contribution in [1.29, 1.82) is 0 Å². The van der Waals surface area contributed by atoms with Crippen LogP contribution < -0.4 is 4.90 Å². The van der Waals surface area contributed by atoms with Gasteiger partial charge >= 0.3 is 0 Å². The molecule has 0 N–H and O–H groups in total. The quantitative estimate of drug-likeness (QED) is 0.833. The van der Waals surface area contributed by atoms with E-state index in [-0.39, 0.29) is 5.41 Å². The van der Waals surface area contributed by atoms with Gasteiger partial charge in [-0.05, 0) is 32.4 Å². The molecule has 0 aliphatic carbocycles. The molecule has 1 aromatic heterocycles. The molecule has 0 bridgehead atoms. The van der Waals surface area contributed by atoms with Crippen LogP contribution in [0.4, 0.5) is 5.13 Å². The van der Waals surface area contributed by atoms with E-state index in [1.54, 1.807) is 11.5 Å². The highest BCUT2D eigenvalue weighted by Crippen LogP contribution is 2.29. The molecule has 3 heterocycles. The predicted molar refractivity (Wildman–Crippen MR) is 80.0 cm³/mol. The molecule has 0 saturated carbocycles. The summed E-state index contributed by atoms with van der Waals surface area (Å²) in [6, 6.07) is 0.740. The summed E-state index contributed by atoms with van der Waals surface area (Å²) >= 11 is 1.56. The molecule has 1 atom stereocenters. The van der Waals surface area contributed by atoms with Gasteiger partial charge in [0, 0.05) is 36.1 Å². The maximum absolute atomic E-state index is 4.74. The van der Waals surface area contributed by atoms with Crippen LogP contribution in [0.15, 0.2) is 0 Å². The van der Waals surface area contributed by atoms with Gasteiger partial charge in [0.05, 0.1) is 0 Å². The van der Waals surface area contributed by atoms with Crippen LogP contribution in [0.5, 0.6) is 0 Å². The minimum absolute atomic E-state index is 0.0584. The number of aromatic nitrogens is 2. The van der Waals surface area contributed by atoms with Crippen molar-refractivity contribution in [3.05, 3.63) is 5.82 Å². The molecular formula is C14H24N4S. The summed E-state index contributed by atoms with van der Waals surface area (Å²) in [6.07, 6.45) is 4.04. The van der Waals surface area contributed by atoms with Crippen molar-refractivity contribution in [2.45, 2.75) is 51.5 Å². The van der Waals surface area contributed by atoms with Crippen molar-refractivity contribution in [2.75, 3.05) is 31.1 Å². The lowest BCUT2D eigenvalue weighted by Crippen LogP contribution is -2.35. The van der Waals surface area contributed by atoms with Crippen molar-refractivity contribution in [3.63, 3.8) is 0 Å². The molecule has 0 radical (unpaired) electrons. The van der Waals surface area contributed by atoms with Gasteiger partial charge in [0.15, 0.2) is 0 Å². The monoisotopic (exact) mass is 280 g/mol. The maximum atomic E-state index is 4.74. The van der Waals surface area contributed by atoms with E-state index in [1.165, 1.54) is 32.4 Å². The topological polar surface area (TPSA) is 32.3 Å². The van der Waals surface area contributed by atoms with Gasteiger partial charge < -0.3 is 4.90 Å². The van der Waals surface area contributed by atoms with Crippen LogP contribution in [0, 0.1) is 0 Å². The van der Waals surface area contributed by atoms with Gasteiger partial charge in [-0.3, -0.25) is 4.90 Å². The van der Waals surface area contributed by atoms with Crippen LogP contribution in [0.3, 0.4) is 0 Å². The van der Waals surface area contributed by atoms with E-state index in [4.69, 9.17) is 4.98 Å². The van der Waals surface area contributed by atoms with Crippen LogP contribution in [0.2, 0.25) is 0 Å². The van der Waals surface area contributed by atoms with Crippen LogP contribution >= 0.6 is 11.5 Å². The predicted octanol–water partition coefficient (Wildman–Crippen LogP) is 2.51.